The number of carbonyl (C=O) groups excluding carboxylic acids is 5. The topological polar surface area (TPSA) is 152 Å². The van der Waals surface area contributed by atoms with E-state index < -0.39 is 16.2 Å². The number of hydrogen-bond donors (Lipinski definition) is 1. The van der Waals surface area contributed by atoms with E-state index in [0.29, 0.717) is 33.0 Å². The van der Waals surface area contributed by atoms with Crippen molar-refractivity contribution < 1.29 is 52.8 Å². The fraction of sp³-hybridized carbons (Fsp3) is 0.896. The molecule has 0 aromatic rings. The first-order valence-corrected chi connectivity index (χ1v) is 27.5. The summed E-state index contributed by atoms with van der Waals surface area (Å²) in [5.74, 6) is -0.624. The SMILES string of the molecule is BrCCCCBr.CCOC(=O)C(C)(C)CCCCBr.CCOC(=O)C(C)(C)CCCCO.CCOC(=O)C(C)(C)CCCCOC(=O)C(C)(C)CCCCBr.CCOC(=O)C(C)C. The molecule has 1 N–H and O–H groups in total. The van der Waals surface area contributed by atoms with E-state index in [1.807, 2.05) is 90.0 Å². The summed E-state index contributed by atoms with van der Waals surface area (Å²) in [7, 11) is 0. The molecular formula is C48H92Br4O11. The number of alkyl halides is 4. The molecule has 0 saturated carbocycles. The summed E-state index contributed by atoms with van der Waals surface area (Å²) in [6.45, 7) is 28.6. The van der Waals surface area contributed by atoms with Gasteiger partial charge in [0.15, 0.2) is 0 Å². The van der Waals surface area contributed by atoms with Crippen LogP contribution in [0.3, 0.4) is 0 Å². The Morgan fingerprint density at radius 2 is 0.667 bits per heavy atom. The van der Waals surface area contributed by atoms with Crippen molar-refractivity contribution in [3.8, 4) is 0 Å². The molecule has 0 saturated heterocycles. The van der Waals surface area contributed by atoms with Gasteiger partial charge in [0, 0.05) is 27.9 Å². The monoisotopic (exact) mass is 1160 g/mol. The van der Waals surface area contributed by atoms with Gasteiger partial charge in [0.25, 0.3) is 0 Å². The number of hydrogen-bond acceptors (Lipinski definition) is 11. The zero-order valence-electron chi connectivity index (χ0n) is 42.1. The third-order valence-electron chi connectivity index (χ3n) is 9.32. The normalized spacial score (nSPS) is 11.2. The zero-order valence-corrected chi connectivity index (χ0v) is 48.4. The predicted octanol–water partition coefficient (Wildman–Crippen LogP) is 13.5. The van der Waals surface area contributed by atoms with Crippen LogP contribution in [0, 0.1) is 27.6 Å². The van der Waals surface area contributed by atoms with Crippen molar-refractivity contribution in [1.29, 1.82) is 0 Å². The van der Waals surface area contributed by atoms with Crippen LogP contribution in [0.5, 0.6) is 0 Å². The standard InChI is InChI=1S/C18H33BrO4.C10H19BrO2.C10H20O3.C6H12O2.C4H8Br2/c1-6-22-15(20)17(2,3)12-8-10-14-23-16(21)18(4,5)11-7-9-13-19;2*1-4-13-9(12)10(2,3)7-5-6-8-11;1-4-8-6(7)5(2)3;5-3-1-2-4-6/h6-14H2,1-5H3;4-8H2,1-3H3;11H,4-8H2,1-3H3;5H,4H2,1-3H3;1-4H2. The van der Waals surface area contributed by atoms with E-state index in [9.17, 15) is 24.0 Å². The molecule has 11 nitrogen and oxygen atoms in total. The van der Waals surface area contributed by atoms with Crippen molar-refractivity contribution in [2.24, 2.45) is 27.6 Å². The van der Waals surface area contributed by atoms with E-state index in [4.69, 9.17) is 24.1 Å². The summed E-state index contributed by atoms with van der Waals surface area (Å²) in [6.07, 6.45) is 13.3. The number of unbranched alkanes of at least 4 members (excludes halogenated alkanes) is 5. The van der Waals surface area contributed by atoms with Gasteiger partial charge in [0.1, 0.15) is 0 Å². The maximum absolute atomic E-state index is 12.1. The Labute approximate surface area is 419 Å². The summed E-state index contributed by atoms with van der Waals surface area (Å²) < 4.78 is 25.0. The smallest absolute Gasteiger partial charge is 0.311 e. The van der Waals surface area contributed by atoms with Crippen LogP contribution in [0.1, 0.15) is 187 Å². The maximum atomic E-state index is 12.1. The molecule has 0 aliphatic heterocycles. The molecule has 0 aromatic heterocycles. The first-order valence-electron chi connectivity index (χ1n) is 23.1. The minimum Gasteiger partial charge on any atom is -0.466 e. The summed E-state index contributed by atoms with van der Waals surface area (Å²) >= 11 is 13.4. The Hall–Kier alpha value is -0.770. The second-order valence-corrected chi connectivity index (χ2v) is 20.9. The van der Waals surface area contributed by atoms with E-state index >= 15 is 0 Å². The highest BCUT2D eigenvalue weighted by molar-refractivity contribution is 9.09. The molecular weight excluding hydrogens is 1070 g/mol. The molecule has 0 aliphatic rings. The average molecular weight is 1160 g/mol. The highest BCUT2D eigenvalue weighted by Crippen LogP contribution is 2.28. The van der Waals surface area contributed by atoms with Gasteiger partial charge in [0.05, 0.1) is 60.6 Å². The highest BCUT2D eigenvalue weighted by Gasteiger charge is 2.31. The largest absolute Gasteiger partial charge is 0.466 e. The summed E-state index contributed by atoms with van der Waals surface area (Å²) in [4.78, 5) is 57.2. The minimum atomic E-state index is -0.477. The number of carbonyl (C=O) groups is 5. The number of aliphatic hydroxyl groups excluding tert-OH is 1. The van der Waals surface area contributed by atoms with Crippen LogP contribution in [0.4, 0.5) is 0 Å². The van der Waals surface area contributed by atoms with Crippen LogP contribution in [0.25, 0.3) is 0 Å². The third kappa shape index (κ3) is 44.8. The fourth-order valence-corrected chi connectivity index (χ4v) is 6.50. The fourth-order valence-electron chi connectivity index (χ4n) is 4.92. The Bertz CT molecular complexity index is 1090. The van der Waals surface area contributed by atoms with Gasteiger partial charge >= 0.3 is 29.8 Å². The zero-order chi connectivity index (χ0) is 50.0. The first-order chi connectivity index (χ1) is 29.3. The summed E-state index contributed by atoms with van der Waals surface area (Å²) in [5.41, 5.74) is -1.63. The van der Waals surface area contributed by atoms with Gasteiger partial charge in [-0.25, -0.2) is 0 Å². The lowest BCUT2D eigenvalue weighted by atomic mass is 9.87. The molecule has 0 unspecified atom stereocenters. The molecule has 0 aliphatic carbocycles. The van der Waals surface area contributed by atoms with Crippen LogP contribution >= 0.6 is 63.7 Å². The molecule has 63 heavy (non-hydrogen) atoms. The van der Waals surface area contributed by atoms with Gasteiger partial charge in [-0.1, -0.05) is 96.8 Å². The lowest BCUT2D eigenvalue weighted by molar-refractivity contribution is -0.156. The quantitative estimate of drug-likeness (QED) is 0.0330. The Morgan fingerprint density at radius 1 is 0.413 bits per heavy atom. The van der Waals surface area contributed by atoms with Gasteiger partial charge < -0.3 is 28.8 Å². The van der Waals surface area contributed by atoms with Gasteiger partial charge in [0.2, 0.25) is 0 Å². The number of ether oxygens (including phenoxy) is 5. The van der Waals surface area contributed by atoms with Crippen LogP contribution in [0.15, 0.2) is 0 Å². The van der Waals surface area contributed by atoms with Gasteiger partial charge in [-0.05, 0) is 154 Å². The number of rotatable bonds is 29. The van der Waals surface area contributed by atoms with E-state index in [0.717, 1.165) is 98.4 Å². The molecule has 0 amide bonds. The van der Waals surface area contributed by atoms with Gasteiger partial charge in [-0.2, -0.15) is 0 Å². The highest BCUT2D eigenvalue weighted by atomic mass is 79.9. The van der Waals surface area contributed by atoms with Crippen LogP contribution in [0.2, 0.25) is 0 Å². The Balaban J connectivity index is -0.000000241. The summed E-state index contributed by atoms with van der Waals surface area (Å²) in [5, 5.41) is 12.8. The molecule has 0 fully saturated rings. The van der Waals surface area contributed by atoms with Gasteiger partial charge in [-0.3, -0.25) is 24.0 Å². The minimum absolute atomic E-state index is 0.00921. The van der Waals surface area contributed by atoms with Gasteiger partial charge in [-0.15, -0.1) is 0 Å². The number of aliphatic hydroxyl groups is 1. The van der Waals surface area contributed by atoms with E-state index in [-0.39, 0.29) is 47.8 Å². The molecule has 0 heterocycles. The van der Waals surface area contributed by atoms with Crippen LogP contribution in [-0.4, -0.2) is 95.9 Å². The van der Waals surface area contributed by atoms with E-state index in [1.54, 1.807) is 6.92 Å². The van der Waals surface area contributed by atoms with Crippen molar-refractivity contribution in [3.63, 3.8) is 0 Å². The van der Waals surface area contributed by atoms with E-state index in [2.05, 4.69) is 68.5 Å². The molecule has 378 valence electrons. The first kappa shape index (κ1) is 71.2. The van der Waals surface area contributed by atoms with Crippen molar-refractivity contribution in [1.82, 2.24) is 0 Å². The van der Waals surface area contributed by atoms with Crippen LogP contribution < -0.4 is 0 Å². The molecule has 0 spiro atoms. The maximum Gasteiger partial charge on any atom is 0.311 e. The van der Waals surface area contributed by atoms with Crippen molar-refractivity contribution in [2.45, 2.75) is 187 Å². The van der Waals surface area contributed by atoms with E-state index in [1.165, 1.54) is 12.8 Å². The van der Waals surface area contributed by atoms with Crippen LogP contribution in [-0.2, 0) is 47.7 Å². The van der Waals surface area contributed by atoms with Crippen molar-refractivity contribution in [3.05, 3.63) is 0 Å². The second kappa shape index (κ2) is 45.0. The molecule has 0 atom stereocenters. The molecule has 0 radical (unpaired) electrons. The molecule has 0 bridgehead atoms. The third-order valence-corrected chi connectivity index (χ3v) is 11.6. The lowest BCUT2D eigenvalue weighted by Crippen LogP contribution is -2.28. The average Bonchev–Trinajstić information content (AvgIpc) is 3.21. The second-order valence-electron chi connectivity index (χ2n) is 17.8. The number of halogens is 4. The Morgan fingerprint density at radius 3 is 0.905 bits per heavy atom. The molecule has 0 aromatic carbocycles. The lowest BCUT2D eigenvalue weighted by Gasteiger charge is -2.23. The molecule has 15 heteroatoms. The number of esters is 5. The van der Waals surface area contributed by atoms with Crippen molar-refractivity contribution >= 4 is 93.6 Å². The van der Waals surface area contributed by atoms with Crippen molar-refractivity contribution in [2.75, 3.05) is 61.0 Å². The Kier molecular flexibility index (Phi) is 50.9. The summed E-state index contributed by atoms with van der Waals surface area (Å²) in [6, 6.07) is 0. The molecule has 0 rings (SSSR count). The predicted molar refractivity (Wildman–Crippen MR) is 274 cm³/mol.